The van der Waals surface area contributed by atoms with E-state index in [9.17, 15) is 0 Å². The van der Waals surface area contributed by atoms with Crippen molar-refractivity contribution >= 4 is 0 Å². The topological polar surface area (TPSA) is 31.0 Å². The standard InChI is InChI=1S/C14H14O3/c1-2-3-4-5-8-11-12-13(16-12)14(17-11)9-6-7-10-15-14/h8,12-13H,6-7,9-10H2,1H3/b11-8-/t12-,13-,14+/m1/s1. The monoisotopic (exact) mass is 230 g/mol. The van der Waals surface area contributed by atoms with Crippen molar-refractivity contribution in [3.63, 3.8) is 0 Å². The van der Waals surface area contributed by atoms with E-state index in [1.54, 1.807) is 13.0 Å². The second-order valence-electron chi connectivity index (χ2n) is 4.39. The third kappa shape index (κ3) is 1.82. The molecule has 0 unspecified atom stereocenters. The predicted octanol–water partition coefficient (Wildman–Crippen LogP) is 1.59. The molecule has 3 aliphatic heterocycles. The molecule has 3 heteroatoms. The smallest absolute Gasteiger partial charge is 0.239 e. The maximum Gasteiger partial charge on any atom is 0.239 e. The summed E-state index contributed by atoms with van der Waals surface area (Å²) < 4.78 is 17.3. The number of hydrogen-bond acceptors (Lipinski definition) is 3. The molecule has 3 rings (SSSR count). The Bertz CT molecular complexity index is 463. The zero-order valence-electron chi connectivity index (χ0n) is 9.79. The fourth-order valence-corrected chi connectivity index (χ4v) is 2.39. The maximum absolute atomic E-state index is 5.90. The first-order valence-electron chi connectivity index (χ1n) is 5.96. The molecule has 88 valence electrons. The van der Waals surface area contributed by atoms with Crippen LogP contribution >= 0.6 is 0 Å². The molecule has 0 saturated carbocycles. The SMILES string of the molecule is CC#CC#C/C=C1\O[C@@]2(CCCCO2)[C@@H]2O[C@H]12. The summed E-state index contributed by atoms with van der Waals surface area (Å²) in [6.45, 7) is 2.52. The highest BCUT2D eigenvalue weighted by molar-refractivity contribution is 5.34. The van der Waals surface area contributed by atoms with Gasteiger partial charge < -0.3 is 14.2 Å². The molecule has 0 radical (unpaired) electrons. The van der Waals surface area contributed by atoms with E-state index in [1.807, 2.05) is 0 Å². The van der Waals surface area contributed by atoms with Crippen LogP contribution in [0.5, 0.6) is 0 Å². The lowest BCUT2D eigenvalue weighted by molar-refractivity contribution is -0.240. The number of allylic oxidation sites excluding steroid dienone is 1. The molecule has 3 aliphatic rings. The molecule has 3 saturated heterocycles. The number of ether oxygens (including phenoxy) is 3. The molecule has 3 heterocycles. The first-order chi connectivity index (χ1) is 8.36. The summed E-state index contributed by atoms with van der Waals surface area (Å²) in [5.41, 5.74) is 0. The van der Waals surface area contributed by atoms with Crippen LogP contribution in [0.15, 0.2) is 11.8 Å². The van der Waals surface area contributed by atoms with Crippen LogP contribution in [0.3, 0.4) is 0 Å². The van der Waals surface area contributed by atoms with E-state index in [0.29, 0.717) is 0 Å². The van der Waals surface area contributed by atoms with Crippen LogP contribution in [0.25, 0.3) is 0 Å². The van der Waals surface area contributed by atoms with Gasteiger partial charge in [-0.05, 0) is 31.6 Å². The Hall–Kier alpha value is -1.42. The summed E-state index contributed by atoms with van der Waals surface area (Å²) in [5.74, 6) is 11.3. The van der Waals surface area contributed by atoms with Crippen molar-refractivity contribution in [3.05, 3.63) is 11.8 Å². The number of fused-ring (bicyclic) bond motifs is 2. The van der Waals surface area contributed by atoms with Crippen LogP contribution in [0, 0.1) is 23.7 Å². The quantitative estimate of drug-likeness (QED) is 0.468. The Labute approximate surface area is 101 Å². The van der Waals surface area contributed by atoms with Crippen LogP contribution in [-0.4, -0.2) is 24.6 Å². The summed E-state index contributed by atoms with van der Waals surface area (Å²) in [4.78, 5) is 0. The summed E-state index contributed by atoms with van der Waals surface area (Å²) in [6, 6.07) is 0. The minimum Gasteiger partial charge on any atom is -0.460 e. The largest absolute Gasteiger partial charge is 0.460 e. The molecule has 3 nitrogen and oxygen atoms in total. The first-order valence-corrected chi connectivity index (χ1v) is 5.96. The van der Waals surface area contributed by atoms with Crippen LogP contribution < -0.4 is 0 Å². The molecular weight excluding hydrogens is 216 g/mol. The molecule has 0 amide bonds. The highest BCUT2D eigenvalue weighted by Gasteiger charge is 2.66. The lowest BCUT2D eigenvalue weighted by Crippen LogP contribution is -2.41. The van der Waals surface area contributed by atoms with E-state index in [1.165, 1.54) is 0 Å². The molecule has 0 aliphatic carbocycles. The number of rotatable bonds is 0. The van der Waals surface area contributed by atoms with Crippen LogP contribution in [-0.2, 0) is 14.2 Å². The van der Waals surface area contributed by atoms with Gasteiger partial charge in [-0.25, -0.2) is 0 Å². The molecule has 0 bridgehead atoms. The minimum absolute atomic E-state index is 0.0528. The van der Waals surface area contributed by atoms with E-state index in [4.69, 9.17) is 14.2 Å². The second-order valence-corrected chi connectivity index (χ2v) is 4.39. The molecule has 3 atom stereocenters. The molecule has 0 N–H and O–H groups in total. The van der Waals surface area contributed by atoms with Crippen molar-refractivity contribution in [2.24, 2.45) is 0 Å². The average molecular weight is 230 g/mol. The van der Waals surface area contributed by atoms with E-state index in [0.717, 1.165) is 31.6 Å². The second kappa shape index (κ2) is 4.11. The van der Waals surface area contributed by atoms with Crippen LogP contribution in [0.1, 0.15) is 26.2 Å². The first kappa shape index (κ1) is 10.7. The van der Waals surface area contributed by atoms with Gasteiger partial charge in [0.15, 0.2) is 6.10 Å². The van der Waals surface area contributed by atoms with Crippen molar-refractivity contribution in [2.75, 3.05) is 6.61 Å². The Morgan fingerprint density at radius 2 is 2.29 bits per heavy atom. The average Bonchev–Trinajstić information content (AvgIpc) is 3.10. The molecule has 0 aromatic carbocycles. The Balaban J connectivity index is 1.74. The van der Waals surface area contributed by atoms with Gasteiger partial charge in [-0.15, -0.1) is 0 Å². The molecule has 0 aromatic rings. The molecular formula is C14H14O3. The summed E-state index contributed by atoms with van der Waals surface area (Å²) in [6.07, 6.45) is 5.03. The van der Waals surface area contributed by atoms with E-state index in [2.05, 4.69) is 23.7 Å². The van der Waals surface area contributed by atoms with Crippen LogP contribution in [0.2, 0.25) is 0 Å². The van der Waals surface area contributed by atoms with Crippen molar-refractivity contribution in [1.82, 2.24) is 0 Å². The lowest BCUT2D eigenvalue weighted by atomic mass is 10.0. The zero-order valence-corrected chi connectivity index (χ0v) is 9.79. The molecule has 0 aromatic heterocycles. The fraction of sp³-hybridized carbons (Fsp3) is 0.571. The molecule has 17 heavy (non-hydrogen) atoms. The van der Waals surface area contributed by atoms with E-state index >= 15 is 0 Å². The van der Waals surface area contributed by atoms with Crippen molar-refractivity contribution in [1.29, 1.82) is 0 Å². The Morgan fingerprint density at radius 3 is 3.06 bits per heavy atom. The predicted molar refractivity (Wildman–Crippen MR) is 61.6 cm³/mol. The molecule has 3 fully saturated rings. The van der Waals surface area contributed by atoms with E-state index < -0.39 is 5.79 Å². The van der Waals surface area contributed by atoms with Gasteiger partial charge in [0.05, 0.1) is 6.61 Å². The maximum atomic E-state index is 5.90. The Morgan fingerprint density at radius 1 is 1.35 bits per heavy atom. The van der Waals surface area contributed by atoms with Gasteiger partial charge in [-0.1, -0.05) is 11.8 Å². The van der Waals surface area contributed by atoms with Crippen molar-refractivity contribution < 1.29 is 14.2 Å². The number of epoxide rings is 1. The van der Waals surface area contributed by atoms with Gasteiger partial charge in [0.2, 0.25) is 5.79 Å². The lowest BCUT2D eigenvalue weighted by Gasteiger charge is -2.33. The minimum atomic E-state index is -0.521. The summed E-state index contributed by atoms with van der Waals surface area (Å²) in [7, 11) is 0. The van der Waals surface area contributed by atoms with Crippen molar-refractivity contribution in [2.45, 2.75) is 44.2 Å². The molecule has 1 spiro atoms. The Kier molecular flexibility index (Phi) is 2.59. The highest BCUT2D eigenvalue weighted by atomic mass is 16.8. The normalized spacial score (nSPS) is 39.7. The van der Waals surface area contributed by atoms with Crippen molar-refractivity contribution in [3.8, 4) is 23.7 Å². The van der Waals surface area contributed by atoms with Gasteiger partial charge in [0.1, 0.15) is 11.9 Å². The van der Waals surface area contributed by atoms with Gasteiger partial charge in [0.25, 0.3) is 0 Å². The summed E-state index contributed by atoms with van der Waals surface area (Å²) in [5, 5.41) is 0. The van der Waals surface area contributed by atoms with Gasteiger partial charge in [-0.2, -0.15) is 0 Å². The van der Waals surface area contributed by atoms with Gasteiger partial charge in [0, 0.05) is 12.5 Å². The third-order valence-corrected chi connectivity index (χ3v) is 3.24. The third-order valence-electron chi connectivity index (χ3n) is 3.24. The number of hydrogen-bond donors (Lipinski definition) is 0. The van der Waals surface area contributed by atoms with Gasteiger partial charge in [-0.3, -0.25) is 0 Å². The highest BCUT2D eigenvalue weighted by Crippen LogP contribution is 2.52. The fourth-order valence-electron chi connectivity index (χ4n) is 2.39. The van der Waals surface area contributed by atoms with Gasteiger partial charge >= 0.3 is 0 Å². The van der Waals surface area contributed by atoms with Crippen LogP contribution in [0.4, 0.5) is 0 Å². The van der Waals surface area contributed by atoms with E-state index in [-0.39, 0.29) is 12.2 Å². The summed E-state index contributed by atoms with van der Waals surface area (Å²) >= 11 is 0. The zero-order chi connectivity index (χ0) is 11.7.